The van der Waals surface area contributed by atoms with Gasteiger partial charge in [-0.3, -0.25) is 4.79 Å². The van der Waals surface area contributed by atoms with Gasteiger partial charge in [0.05, 0.1) is 0 Å². The molecule has 0 aromatic heterocycles. The molecule has 16 heavy (non-hydrogen) atoms. The van der Waals surface area contributed by atoms with Gasteiger partial charge in [-0.05, 0) is 11.6 Å². The van der Waals surface area contributed by atoms with Crippen LogP contribution in [0.3, 0.4) is 0 Å². The van der Waals surface area contributed by atoms with E-state index >= 15 is 0 Å². The van der Waals surface area contributed by atoms with Crippen molar-refractivity contribution in [3.8, 4) is 0 Å². The SMILES string of the molecule is O=C(O)C1CN(C/C=C/Cl)c2ccccc21. The highest BCUT2D eigenvalue weighted by Crippen LogP contribution is 2.35. The minimum atomic E-state index is -0.773. The number of carbonyl (C=O) groups is 1. The summed E-state index contributed by atoms with van der Waals surface area (Å²) in [6.45, 7) is 1.15. The van der Waals surface area contributed by atoms with Gasteiger partial charge in [-0.25, -0.2) is 0 Å². The monoisotopic (exact) mass is 237 g/mol. The van der Waals surface area contributed by atoms with Crippen LogP contribution in [0.25, 0.3) is 0 Å². The molecule has 0 fully saturated rings. The smallest absolute Gasteiger partial charge is 0.312 e. The molecule has 1 aliphatic heterocycles. The number of aliphatic carboxylic acids is 1. The van der Waals surface area contributed by atoms with Crippen molar-refractivity contribution in [3.63, 3.8) is 0 Å². The van der Waals surface area contributed by atoms with E-state index in [1.807, 2.05) is 35.2 Å². The Bertz CT molecular complexity index is 431. The lowest BCUT2D eigenvalue weighted by atomic mass is 10.0. The highest BCUT2D eigenvalue weighted by Gasteiger charge is 2.32. The first kappa shape index (κ1) is 11.0. The number of fused-ring (bicyclic) bond motifs is 1. The normalized spacial score (nSPS) is 19.1. The first-order chi connectivity index (χ1) is 7.74. The summed E-state index contributed by atoms with van der Waals surface area (Å²) in [7, 11) is 0. The predicted octanol–water partition coefficient (Wildman–Crippen LogP) is 2.43. The summed E-state index contributed by atoms with van der Waals surface area (Å²) >= 11 is 5.48. The standard InChI is InChI=1S/C12H12ClNO2/c13-6-3-7-14-8-10(12(15)16)9-4-1-2-5-11(9)14/h1-6,10H,7-8H2,(H,15,16)/b6-3+. The van der Waals surface area contributed by atoms with E-state index in [4.69, 9.17) is 16.7 Å². The van der Waals surface area contributed by atoms with E-state index in [1.165, 1.54) is 5.54 Å². The molecule has 1 aromatic rings. The molecule has 0 spiro atoms. The lowest BCUT2D eigenvalue weighted by Gasteiger charge is -2.16. The Labute approximate surface area is 98.9 Å². The van der Waals surface area contributed by atoms with Gasteiger partial charge in [0, 0.05) is 24.3 Å². The van der Waals surface area contributed by atoms with Crippen LogP contribution in [0.1, 0.15) is 11.5 Å². The summed E-state index contributed by atoms with van der Waals surface area (Å²) in [5.74, 6) is -1.20. The summed E-state index contributed by atoms with van der Waals surface area (Å²) in [5, 5.41) is 9.13. The molecular formula is C12H12ClNO2. The summed E-state index contributed by atoms with van der Waals surface area (Å²) in [4.78, 5) is 13.1. The van der Waals surface area contributed by atoms with Gasteiger partial charge >= 0.3 is 5.97 Å². The number of halogens is 1. The van der Waals surface area contributed by atoms with E-state index in [0.29, 0.717) is 13.1 Å². The first-order valence-electron chi connectivity index (χ1n) is 5.06. The summed E-state index contributed by atoms with van der Waals surface area (Å²) in [5.41, 5.74) is 3.33. The predicted molar refractivity (Wildman–Crippen MR) is 64.0 cm³/mol. The maximum atomic E-state index is 11.1. The van der Waals surface area contributed by atoms with Crippen LogP contribution in [0, 0.1) is 0 Å². The Morgan fingerprint density at radius 1 is 1.56 bits per heavy atom. The average Bonchev–Trinajstić information content (AvgIpc) is 2.65. The Kier molecular flexibility index (Phi) is 3.15. The van der Waals surface area contributed by atoms with Crippen molar-refractivity contribution in [1.82, 2.24) is 0 Å². The van der Waals surface area contributed by atoms with Gasteiger partial charge in [0.1, 0.15) is 5.92 Å². The van der Waals surface area contributed by atoms with Crippen LogP contribution in [0.2, 0.25) is 0 Å². The van der Waals surface area contributed by atoms with E-state index in [-0.39, 0.29) is 0 Å². The van der Waals surface area contributed by atoms with E-state index in [1.54, 1.807) is 0 Å². The van der Waals surface area contributed by atoms with E-state index in [2.05, 4.69) is 0 Å². The molecule has 0 saturated heterocycles. The third-order valence-corrected chi connectivity index (χ3v) is 2.95. The number of hydrogen-bond acceptors (Lipinski definition) is 2. The van der Waals surface area contributed by atoms with Crippen molar-refractivity contribution < 1.29 is 9.90 Å². The number of para-hydroxylation sites is 1. The number of nitrogens with zero attached hydrogens (tertiary/aromatic N) is 1. The van der Waals surface area contributed by atoms with Gasteiger partial charge in [0.25, 0.3) is 0 Å². The Morgan fingerprint density at radius 2 is 2.31 bits per heavy atom. The molecule has 0 amide bonds. The maximum absolute atomic E-state index is 11.1. The molecule has 3 nitrogen and oxygen atoms in total. The minimum absolute atomic E-state index is 0.431. The lowest BCUT2D eigenvalue weighted by molar-refractivity contribution is -0.138. The van der Waals surface area contributed by atoms with Crippen molar-refractivity contribution in [1.29, 1.82) is 0 Å². The van der Waals surface area contributed by atoms with Gasteiger partial charge in [-0.2, -0.15) is 0 Å². The van der Waals surface area contributed by atoms with Crippen molar-refractivity contribution >= 4 is 23.3 Å². The van der Waals surface area contributed by atoms with Crippen LogP contribution in [-0.4, -0.2) is 24.2 Å². The van der Waals surface area contributed by atoms with Gasteiger partial charge in [0.2, 0.25) is 0 Å². The molecule has 84 valence electrons. The maximum Gasteiger partial charge on any atom is 0.312 e. The molecule has 0 aliphatic carbocycles. The second-order valence-corrected chi connectivity index (χ2v) is 3.97. The van der Waals surface area contributed by atoms with Crippen LogP contribution >= 0.6 is 11.6 Å². The van der Waals surface area contributed by atoms with Crippen LogP contribution < -0.4 is 4.90 Å². The number of anilines is 1. The Balaban J connectivity index is 2.31. The fraction of sp³-hybridized carbons (Fsp3) is 0.250. The van der Waals surface area contributed by atoms with Crippen molar-refractivity contribution in [3.05, 3.63) is 41.4 Å². The molecule has 0 saturated carbocycles. The first-order valence-corrected chi connectivity index (χ1v) is 5.49. The van der Waals surface area contributed by atoms with Crippen LogP contribution in [0.5, 0.6) is 0 Å². The van der Waals surface area contributed by atoms with Gasteiger partial charge in [0.15, 0.2) is 0 Å². The highest BCUT2D eigenvalue weighted by molar-refractivity contribution is 6.25. The fourth-order valence-corrected chi connectivity index (χ4v) is 2.12. The number of carboxylic acid groups (broad SMARTS) is 1. The third-order valence-electron chi connectivity index (χ3n) is 2.77. The van der Waals surface area contributed by atoms with Crippen LogP contribution in [0.15, 0.2) is 35.9 Å². The summed E-state index contributed by atoms with van der Waals surface area (Å²) < 4.78 is 0. The Morgan fingerprint density at radius 3 is 3.00 bits per heavy atom. The summed E-state index contributed by atoms with van der Waals surface area (Å²) in [6.07, 6.45) is 1.81. The van der Waals surface area contributed by atoms with E-state index < -0.39 is 11.9 Å². The fourth-order valence-electron chi connectivity index (χ4n) is 2.04. The number of hydrogen-bond donors (Lipinski definition) is 1. The molecule has 0 bridgehead atoms. The number of rotatable bonds is 3. The number of carboxylic acids is 1. The van der Waals surface area contributed by atoms with Crippen LogP contribution in [0.4, 0.5) is 5.69 Å². The zero-order chi connectivity index (χ0) is 11.5. The molecule has 1 atom stereocenters. The molecule has 2 rings (SSSR count). The van der Waals surface area contributed by atoms with Gasteiger partial charge in [-0.1, -0.05) is 35.9 Å². The number of benzene rings is 1. The van der Waals surface area contributed by atoms with E-state index in [0.717, 1.165) is 11.3 Å². The molecule has 1 N–H and O–H groups in total. The topological polar surface area (TPSA) is 40.5 Å². The van der Waals surface area contributed by atoms with Crippen molar-refractivity contribution in [2.24, 2.45) is 0 Å². The largest absolute Gasteiger partial charge is 0.481 e. The molecule has 1 aromatic carbocycles. The average molecular weight is 238 g/mol. The molecular weight excluding hydrogens is 226 g/mol. The van der Waals surface area contributed by atoms with Crippen molar-refractivity contribution in [2.45, 2.75) is 5.92 Å². The van der Waals surface area contributed by atoms with Gasteiger partial charge < -0.3 is 10.0 Å². The van der Waals surface area contributed by atoms with Crippen LogP contribution in [-0.2, 0) is 4.79 Å². The molecule has 1 aliphatic rings. The quantitative estimate of drug-likeness (QED) is 0.878. The van der Waals surface area contributed by atoms with Gasteiger partial charge in [-0.15, -0.1) is 0 Å². The third kappa shape index (κ3) is 1.91. The molecule has 4 heteroatoms. The zero-order valence-corrected chi connectivity index (χ0v) is 9.39. The highest BCUT2D eigenvalue weighted by atomic mass is 35.5. The lowest BCUT2D eigenvalue weighted by Crippen LogP contribution is -2.24. The second-order valence-electron chi connectivity index (χ2n) is 3.72. The Hall–Kier alpha value is -1.48. The van der Waals surface area contributed by atoms with Crippen molar-refractivity contribution in [2.75, 3.05) is 18.0 Å². The molecule has 1 unspecified atom stereocenters. The zero-order valence-electron chi connectivity index (χ0n) is 8.64. The minimum Gasteiger partial charge on any atom is -0.481 e. The summed E-state index contributed by atoms with van der Waals surface area (Å²) in [6, 6.07) is 7.61. The molecule has 1 heterocycles. The van der Waals surface area contributed by atoms with E-state index in [9.17, 15) is 4.79 Å². The molecule has 0 radical (unpaired) electrons. The second kappa shape index (κ2) is 4.58.